The standard InChI is InChI=1S/C60H36N4O2S/c1-5-13-52-46(9-1)47-10-2-6-14-53(47)64(52)44-29-21-39(22-30-44)45-33-34-54(60-59(45)61-67-62-60)63(42-25-17-37(18-26-42)40-23-31-50-48-11-3-7-15-55(48)65-57(50)35-40)43-27-19-38(20-28-43)41-24-32-51-49-12-4-8-16-56(49)66-58(51)36-41/h1-36H. The number of anilines is 3. The maximum Gasteiger partial charge on any atom is 0.136 e. The van der Waals surface area contributed by atoms with Crippen LogP contribution in [0.4, 0.5) is 17.1 Å². The summed E-state index contributed by atoms with van der Waals surface area (Å²) in [6, 6.07) is 77.3. The SMILES string of the molecule is c1ccc2c(c1)oc1cc(-c3ccc(N(c4ccc(-c5ccc6c(c5)oc5ccccc56)cc4)c4ccc(-c5ccc(-n6c7ccccc7c7ccccc76)cc5)c5nsnc45)cc3)ccc12. The van der Waals surface area contributed by atoms with E-state index in [1.807, 2.05) is 24.3 Å². The van der Waals surface area contributed by atoms with E-state index in [4.69, 9.17) is 17.6 Å². The fourth-order valence-electron chi connectivity index (χ4n) is 10.1. The Morgan fingerprint density at radius 2 is 0.806 bits per heavy atom. The van der Waals surface area contributed by atoms with Crippen LogP contribution >= 0.6 is 11.7 Å². The van der Waals surface area contributed by atoms with Crippen molar-refractivity contribution < 1.29 is 8.83 Å². The maximum atomic E-state index is 6.27. The lowest BCUT2D eigenvalue weighted by Crippen LogP contribution is -2.10. The molecule has 0 radical (unpaired) electrons. The summed E-state index contributed by atoms with van der Waals surface area (Å²) in [6.45, 7) is 0. The molecule has 0 saturated carbocycles. The number of hydrogen-bond donors (Lipinski definition) is 0. The Morgan fingerprint density at radius 1 is 0.358 bits per heavy atom. The molecule has 0 aliphatic carbocycles. The fourth-order valence-corrected chi connectivity index (χ4v) is 10.7. The van der Waals surface area contributed by atoms with E-state index in [9.17, 15) is 0 Å². The Labute approximate surface area is 388 Å². The van der Waals surface area contributed by atoms with E-state index in [-0.39, 0.29) is 0 Å². The highest BCUT2D eigenvalue weighted by atomic mass is 32.1. The molecule has 67 heavy (non-hydrogen) atoms. The molecule has 0 aliphatic heterocycles. The maximum absolute atomic E-state index is 6.27. The molecular weight excluding hydrogens is 841 g/mol. The third-order valence-electron chi connectivity index (χ3n) is 13.3. The van der Waals surface area contributed by atoms with Crippen LogP contribution in [0.15, 0.2) is 227 Å². The van der Waals surface area contributed by atoms with Crippen LogP contribution in [0.5, 0.6) is 0 Å². The average molecular weight is 877 g/mol. The second-order valence-corrected chi connectivity index (χ2v) is 17.6. The van der Waals surface area contributed by atoms with Gasteiger partial charge in [0.1, 0.15) is 33.4 Å². The molecule has 0 amide bonds. The Bertz CT molecular complexity index is 4010. The predicted octanol–water partition coefficient (Wildman–Crippen LogP) is 17.1. The number of rotatable bonds is 7. The van der Waals surface area contributed by atoms with Crippen LogP contribution < -0.4 is 4.90 Å². The van der Waals surface area contributed by atoms with E-state index >= 15 is 0 Å². The highest BCUT2D eigenvalue weighted by Gasteiger charge is 2.21. The van der Waals surface area contributed by atoms with Crippen molar-refractivity contribution in [3.63, 3.8) is 0 Å². The fraction of sp³-hybridized carbons (Fsp3) is 0. The normalized spacial score (nSPS) is 11.9. The monoisotopic (exact) mass is 876 g/mol. The predicted molar refractivity (Wildman–Crippen MR) is 277 cm³/mol. The van der Waals surface area contributed by atoms with Crippen LogP contribution in [0.25, 0.3) is 116 Å². The van der Waals surface area contributed by atoms with Gasteiger partial charge in [-0.3, -0.25) is 0 Å². The minimum atomic E-state index is 0.841. The first-order valence-corrected chi connectivity index (χ1v) is 23.1. The number of para-hydroxylation sites is 4. The summed E-state index contributed by atoms with van der Waals surface area (Å²) in [5, 5.41) is 6.98. The minimum Gasteiger partial charge on any atom is -0.456 e. The average Bonchev–Trinajstić information content (AvgIpc) is 4.19. The second-order valence-electron chi connectivity index (χ2n) is 17.1. The lowest BCUT2D eigenvalue weighted by atomic mass is 10.0. The quantitative estimate of drug-likeness (QED) is 0.160. The van der Waals surface area contributed by atoms with Crippen molar-refractivity contribution >= 4 is 106 Å². The van der Waals surface area contributed by atoms with Crippen LogP contribution in [-0.4, -0.2) is 13.3 Å². The van der Waals surface area contributed by atoms with Crippen molar-refractivity contribution in [2.45, 2.75) is 0 Å². The van der Waals surface area contributed by atoms with E-state index in [2.05, 4.69) is 204 Å². The van der Waals surface area contributed by atoms with Crippen molar-refractivity contribution in [2.75, 3.05) is 4.90 Å². The molecule has 14 aromatic rings. The number of furan rings is 2. The van der Waals surface area contributed by atoms with Gasteiger partial charge in [0.2, 0.25) is 0 Å². The van der Waals surface area contributed by atoms with Crippen molar-refractivity contribution in [3.8, 4) is 39.1 Å². The van der Waals surface area contributed by atoms with Crippen LogP contribution in [0.1, 0.15) is 0 Å². The summed E-state index contributed by atoms with van der Waals surface area (Å²) in [4.78, 5) is 2.29. The van der Waals surface area contributed by atoms with Crippen molar-refractivity contribution in [2.24, 2.45) is 0 Å². The third-order valence-corrected chi connectivity index (χ3v) is 13.9. The summed E-state index contributed by atoms with van der Waals surface area (Å²) in [6.07, 6.45) is 0. The van der Waals surface area contributed by atoms with Crippen molar-refractivity contribution in [1.82, 2.24) is 13.3 Å². The zero-order valence-electron chi connectivity index (χ0n) is 35.8. The molecule has 0 fully saturated rings. The molecule has 4 heterocycles. The van der Waals surface area contributed by atoms with Crippen LogP contribution in [0.2, 0.25) is 0 Å². The van der Waals surface area contributed by atoms with E-state index < -0.39 is 0 Å². The summed E-state index contributed by atoms with van der Waals surface area (Å²) >= 11 is 1.24. The summed E-state index contributed by atoms with van der Waals surface area (Å²) in [5.74, 6) is 0. The van der Waals surface area contributed by atoms with Gasteiger partial charge < -0.3 is 18.3 Å². The van der Waals surface area contributed by atoms with Gasteiger partial charge in [-0.05, 0) is 125 Å². The van der Waals surface area contributed by atoms with Crippen LogP contribution in [-0.2, 0) is 0 Å². The first-order valence-electron chi connectivity index (χ1n) is 22.4. The van der Waals surface area contributed by atoms with Gasteiger partial charge in [0.15, 0.2) is 0 Å². The van der Waals surface area contributed by atoms with Crippen LogP contribution in [0.3, 0.4) is 0 Å². The molecule has 10 aromatic carbocycles. The van der Waals surface area contributed by atoms with Gasteiger partial charge in [-0.25, -0.2) is 0 Å². The van der Waals surface area contributed by atoms with E-state index in [1.54, 1.807) is 0 Å². The van der Waals surface area contributed by atoms with Gasteiger partial charge in [-0.1, -0.05) is 121 Å². The largest absolute Gasteiger partial charge is 0.456 e. The van der Waals surface area contributed by atoms with E-state index in [0.717, 1.165) is 111 Å². The molecule has 0 saturated heterocycles. The van der Waals surface area contributed by atoms with Gasteiger partial charge in [-0.2, -0.15) is 8.75 Å². The van der Waals surface area contributed by atoms with Crippen molar-refractivity contribution in [3.05, 3.63) is 218 Å². The molecule has 6 nitrogen and oxygen atoms in total. The Hall–Kier alpha value is -8.78. The van der Waals surface area contributed by atoms with Crippen molar-refractivity contribution in [1.29, 1.82) is 0 Å². The van der Waals surface area contributed by atoms with E-state index in [0.29, 0.717) is 0 Å². The van der Waals surface area contributed by atoms with Gasteiger partial charge in [0.05, 0.1) is 28.4 Å². The molecule has 0 N–H and O–H groups in total. The highest BCUT2D eigenvalue weighted by molar-refractivity contribution is 7.00. The summed E-state index contributed by atoms with van der Waals surface area (Å²) in [5.41, 5.74) is 18.2. The number of benzene rings is 10. The van der Waals surface area contributed by atoms with Gasteiger partial charge in [0.25, 0.3) is 0 Å². The zero-order valence-corrected chi connectivity index (χ0v) is 36.6. The number of fused-ring (bicyclic) bond motifs is 10. The smallest absolute Gasteiger partial charge is 0.136 e. The first-order chi connectivity index (χ1) is 33.2. The third kappa shape index (κ3) is 6.02. The molecule has 0 spiro atoms. The molecule has 0 aliphatic rings. The molecule has 14 rings (SSSR count). The number of nitrogens with zero attached hydrogens (tertiary/aromatic N) is 4. The molecule has 7 heteroatoms. The Kier molecular flexibility index (Phi) is 8.35. The zero-order chi connectivity index (χ0) is 44.0. The van der Waals surface area contributed by atoms with Gasteiger partial charge >= 0.3 is 0 Å². The number of hydrogen-bond acceptors (Lipinski definition) is 6. The first kappa shape index (κ1) is 37.6. The summed E-state index contributed by atoms with van der Waals surface area (Å²) in [7, 11) is 0. The summed E-state index contributed by atoms with van der Waals surface area (Å²) < 4.78 is 24.8. The minimum absolute atomic E-state index is 0.841. The second kappa shape index (κ2) is 14.9. The lowest BCUT2D eigenvalue weighted by Gasteiger charge is -2.26. The van der Waals surface area contributed by atoms with Gasteiger partial charge in [0, 0.05) is 54.9 Å². The van der Waals surface area contributed by atoms with E-state index in [1.165, 1.54) is 33.5 Å². The molecule has 314 valence electrons. The Morgan fingerprint density at radius 3 is 1.36 bits per heavy atom. The highest BCUT2D eigenvalue weighted by Crippen LogP contribution is 2.43. The molecule has 4 aromatic heterocycles. The van der Waals surface area contributed by atoms with Gasteiger partial charge in [-0.15, -0.1) is 0 Å². The molecular formula is C60H36N4O2S. The Balaban J connectivity index is 0.857. The lowest BCUT2D eigenvalue weighted by molar-refractivity contribution is 0.668. The molecule has 0 atom stereocenters. The van der Waals surface area contributed by atoms with Crippen LogP contribution in [0, 0.1) is 0 Å². The molecule has 0 bridgehead atoms. The topological polar surface area (TPSA) is 60.2 Å². The molecule has 0 unspecified atom stereocenters. The number of aromatic nitrogens is 3.